The zero-order valence-electron chi connectivity index (χ0n) is 17.6. The van der Waals surface area contributed by atoms with Crippen molar-refractivity contribution in [1.82, 2.24) is 9.55 Å². The molecule has 0 bridgehead atoms. The van der Waals surface area contributed by atoms with Crippen molar-refractivity contribution < 1.29 is 14.0 Å². The Hall–Kier alpha value is -4.13. The van der Waals surface area contributed by atoms with Crippen LogP contribution in [0.5, 0.6) is 0 Å². The van der Waals surface area contributed by atoms with Gasteiger partial charge < -0.3 is 9.88 Å². The Kier molecular flexibility index (Phi) is 5.64. The third-order valence-corrected chi connectivity index (χ3v) is 5.33. The van der Waals surface area contributed by atoms with E-state index in [-0.39, 0.29) is 29.0 Å². The molecule has 2 aromatic carbocycles. The van der Waals surface area contributed by atoms with Gasteiger partial charge in [-0.25, -0.2) is 4.39 Å². The summed E-state index contributed by atoms with van der Waals surface area (Å²) >= 11 is 0. The van der Waals surface area contributed by atoms with E-state index in [9.17, 15) is 18.8 Å². The summed E-state index contributed by atoms with van der Waals surface area (Å²) in [5.41, 5.74) is 2.69. The molecule has 160 valence electrons. The number of aryl methyl sites for hydroxylation is 2. The molecule has 0 saturated carbocycles. The number of aromatic nitrogens is 2. The molecule has 1 N–H and O–H groups in total. The lowest BCUT2D eigenvalue weighted by atomic mass is 10.0. The van der Waals surface area contributed by atoms with Crippen LogP contribution in [-0.2, 0) is 11.3 Å². The molecule has 4 rings (SSSR count). The summed E-state index contributed by atoms with van der Waals surface area (Å²) in [4.78, 5) is 42.6. The van der Waals surface area contributed by atoms with Crippen molar-refractivity contribution >= 4 is 28.3 Å². The first kappa shape index (κ1) is 21.1. The average Bonchev–Trinajstić information content (AvgIpc) is 2.78. The highest BCUT2D eigenvalue weighted by atomic mass is 19.1. The van der Waals surface area contributed by atoms with E-state index in [1.54, 1.807) is 6.07 Å². The minimum absolute atomic E-state index is 0.0314. The maximum atomic E-state index is 13.9. The molecule has 0 radical (unpaired) electrons. The minimum Gasteiger partial charge on any atom is -0.337 e. The fourth-order valence-corrected chi connectivity index (χ4v) is 3.50. The van der Waals surface area contributed by atoms with E-state index < -0.39 is 17.0 Å². The van der Waals surface area contributed by atoms with E-state index in [1.165, 1.54) is 47.4 Å². The molecule has 2 aromatic heterocycles. The first-order chi connectivity index (χ1) is 15.3. The van der Waals surface area contributed by atoms with Gasteiger partial charge in [-0.1, -0.05) is 6.07 Å². The lowest BCUT2D eigenvalue weighted by molar-refractivity contribution is -0.116. The molecule has 7 heteroatoms. The Labute approximate surface area is 183 Å². The van der Waals surface area contributed by atoms with Gasteiger partial charge in [0, 0.05) is 35.2 Å². The van der Waals surface area contributed by atoms with Crippen molar-refractivity contribution in [3.8, 4) is 0 Å². The molecule has 0 aliphatic carbocycles. The maximum absolute atomic E-state index is 13.9. The van der Waals surface area contributed by atoms with Crippen molar-refractivity contribution in [3.63, 3.8) is 0 Å². The number of nitrogens with one attached hydrogen (secondary N) is 1. The lowest BCUT2D eigenvalue weighted by Gasteiger charge is -2.14. The van der Waals surface area contributed by atoms with E-state index in [1.807, 2.05) is 26.0 Å². The molecule has 0 atom stereocenters. The number of hydrogen-bond acceptors (Lipinski definition) is 4. The second kappa shape index (κ2) is 8.55. The van der Waals surface area contributed by atoms with E-state index >= 15 is 0 Å². The Morgan fingerprint density at radius 2 is 1.75 bits per heavy atom. The Morgan fingerprint density at radius 1 is 1.00 bits per heavy atom. The van der Waals surface area contributed by atoms with E-state index in [0.717, 1.165) is 17.2 Å². The summed E-state index contributed by atoms with van der Waals surface area (Å²) in [6, 6.07) is 12.3. The van der Waals surface area contributed by atoms with Crippen LogP contribution in [0, 0.1) is 19.7 Å². The number of nitrogens with zero attached hydrogens (tertiary/aromatic N) is 2. The molecule has 2 heterocycles. The number of benzene rings is 2. The number of hydrogen-bond donors (Lipinski definition) is 1. The average molecular weight is 429 g/mol. The summed E-state index contributed by atoms with van der Waals surface area (Å²) in [6.45, 7) is 3.77. The Balaban J connectivity index is 1.75. The second-order valence-electron chi connectivity index (χ2n) is 7.57. The van der Waals surface area contributed by atoms with E-state index in [2.05, 4.69) is 10.3 Å². The number of anilines is 1. The molecular formula is C25H20FN3O3. The largest absolute Gasteiger partial charge is 0.337 e. The van der Waals surface area contributed by atoms with Crippen LogP contribution >= 0.6 is 0 Å². The van der Waals surface area contributed by atoms with Crippen molar-refractivity contribution in [1.29, 1.82) is 0 Å². The van der Waals surface area contributed by atoms with Gasteiger partial charge in [0.2, 0.25) is 11.3 Å². The van der Waals surface area contributed by atoms with Crippen LogP contribution in [0.3, 0.4) is 0 Å². The lowest BCUT2D eigenvalue weighted by Crippen LogP contribution is -2.24. The van der Waals surface area contributed by atoms with E-state index in [4.69, 9.17) is 0 Å². The molecule has 0 fully saturated rings. The summed E-state index contributed by atoms with van der Waals surface area (Å²) in [5, 5.41) is 2.86. The van der Waals surface area contributed by atoms with Crippen LogP contribution < -0.4 is 10.7 Å². The van der Waals surface area contributed by atoms with Gasteiger partial charge in [0.05, 0.1) is 11.1 Å². The number of amides is 1. The number of ketones is 1. The Bertz CT molecular complexity index is 1410. The second-order valence-corrected chi connectivity index (χ2v) is 7.57. The summed E-state index contributed by atoms with van der Waals surface area (Å²) in [5.74, 6) is -1.47. The smallest absolute Gasteiger partial charge is 0.244 e. The monoisotopic (exact) mass is 429 g/mol. The normalized spacial score (nSPS) is 10.8. The van der Waals surface area contributed by atoms with Gasteiger partial charge in [-0.2, -0.15) is 0 Å². The highest BCUT2D eigenvalue weighted by Crippen LogP contribution is 2.17. The molecule has 4 aromatic rings. The van der Waals surface area contributed by atoms with Crippen LogP contribution in [0.15, 0.2) is 71.9 Å². The van der Waals surface area contributed by atoms with Gasteiger partial charge in [-0.3, -0.25) is 19.4 Å². The van der Waals surface area contributed by atoms with Crippen LogP contribution in [0.4, 0.5) is 10.1 Å². The molecule has 0 unspecified atom stereocenters. The maximum Gasteiger partial charge on any atom is 0.244 e. The fraction of sp³-hybridized carbons (Fsp3) is 0.120. The fourth-order valence-electron chi connectivity index (χ4n) is 3.50. The summed E-state index contributed by atoms with van der Waals surface area (Å²) in [7, 11) is 0. The summed E-state index contributed by atoms with van der Waals surface area (Å²) in [6.07, 6.45) is 4.25. The minimum atomic E-state index is -0.603. The van der Waals surface area contributed by atoms with Gasteiger partial charge in [-0.15, -0.1) is 0 Å². The van der Waals surface area contributed by atoms with Crippen molar-refractivity contribution in [2.24, 2.45) is 0 Å². The van der Waals surface area contributed by atoms with Crippen LogP contribution in [0.25, 0.3) is 10.9 Å². The Morgan fingerprint density at radius 3 is 2.47 bits per heavy atom. The predicted molar refractivity (Wildman–Crippen MR) is 120 cm³/mol. The van der Waals surface area contributed by atoms with Gasteiger partial charge in [-0.05, 0) is 67.4 Å². The predicted octanol–water partition coefficient (Wildman–Crippen LogP) is 4.02. The summed E-state index contributed by atoms with van der Waals surface area (Å²) < 4.78 is 15.4. The number of halogens is 1. The van der Waals surface area contributed by atoms with Crippen LogP contribution in [-0.4, -0.2) is 21.2 Å². The van der Waals surface area contributed by atoms with Crippen molar-refractivity contribution in [2.75, 3.05) is 5.32 Å². The molecule has 0 spiro atoms. The number of fused-ring (bicyclic) bond motifs is 1. The zero-order chi connectivity index (χ0) is 22.8. The van der Waals surface area contributed by atoms with Gasteiger partial charge in [0.15, 0.2) is 5.78 Å². The molecule has 1 amide bonds. The number of rotatable bonds is 5. The molecule has 32 heavy (non-hydrogen) atoms. The molecule has 6 nitrogen and oxygen atoms in total. The van der Waals surface area contributed by atoms with E-state index in [0.29, 0.717) is 11.2 Å². The third kappa shape index (κ3) is 4.18. The zero-order valence-corrected chi connectivity index (χ0v) is 17.6. The van der Waals surface area contributed by atoms with Crippen molar-refractivity contribution in [2.45, 2.75) is 20.4 Å². The molecular weight excluding hydrogens is 409 g/mol. The van der Waals surface area contributed by atoms with Crippen LogP contribution in [0.1, 0.15) is 27.0 Å². The highest BCUT2D eigenvalue weighted by Gasteiger charge is 2.18. The third-order valence-electron chi connectivity index (χ3n) is 5.33. The SMILES string of the molecule is Cc1ccc(NC(=O)Cn2cc(C(=O)c3ccncc3)c(=O)c3cc(F)ccc32)cc1C. The molecule has 0 aliphatic rings. The highest BCUT2D eigenvalue weighted by molar-refractivity contribution is 6.10. The van der Waals surface area contributed by atoms with Gasteiger partial charge in [0.25, 0.3) is 0 Å². The standard InChI is InChI=1S/C25H20FN3O3/c1-15-3-5-19(11-16(15)2)28-23(30)14-29-13-21(24(31)17-7-9-27-10-8-17)25(32)20-12-18(26)4-6-22(20)29/h3-13H,14H2,1-2H3,(H,28,30). The quantitative estimate of drug-likeness (QED) is 0.486. The first-order valence-corrected chi connectivity index (χ1v) is 9.98. The van der Waals surface area contributed by atoms with Gasteiger partial charge in [0.1, 0.15) is 12.4 Å². The van der Waals surface area contributed by atoms with Crippen molar-refractivity contribution in [3.05, 3.63) is 105 Å². The molecule has 0 aliphatic heterocycles. The van der Waals surface area contributed by atoms with Crippen LogP contribution in [0.2, 0.25) is 0 Å². The first-order valence-electron chi connectivity index (χ1n) is 9.98. The number of carbonyl (C=O) groups is 2. The topological polar surface area (TPSA) is 81.1 Å². The molecule has 0 saturated heterocycles. The van der Waals surface area contributed by atoms with Gasteiger partial charge >= 0.3 is 0 Å². The number of pyridine rings is 2. The number of carbonyl (C=O) groups excluding carboxylic acids is 2.